The van der Waals surface area contributed by atoms with Gasteiger partial charge in [-0.25, -0.2) is 0 Å². The molecule has 1 heterocycles. The first-order valence-corrected chi connectivity index (χ1v) is 5.13. The molecule has 2 fully saturated rings. The topological polar surface area (TPSA) is 32.3 Å². The number of nitrogens with one attached hydrogen (secondary N) is 1. The van der Waals surface area contributed by atoms with E-state index in [1.807, 2.05) is 7.05 Å². The highest BCUT2D eigenvalue weighted by Gasteiger charge is 2.46. The molecule has 1 saturated heterocycles. The van der Waals surface area contributed by atoms with Gasteiger partial charge < -0.3 is 10.2 Å². The SMILES string of the molecule is CN(C=O)C[C@]12CCC[C@H]1CNC2. The fourth-order valence-electron chi connectivity index (χ4n) is 3.06. The van der Waals surface area contributed by atoms with Gasteiger partial charge in [-0.05, 0) is 25.3 Å². The van der Waals surface area contributed by atoms with E-state index in [0.717, 1.165) is 32.0 Å². The zero-order chi connectivity index (χ0) is 9.31. The molecular formula is C10H18N2O. The molecular weight excluding hydrogens is 164 g/mol. The van der Waals surface area contributed by atoms with Crippen LogP contribution < -0.4 is 5.32 Å². The van der Waals surface area contributed by atoms with Crippen LogP contribution in [0.4, 0.5) is 0 Å². The van der Waals surface area contributed by atoms with Crippen molar-refractivity contribution >= 4 is 6.41 Å². The van der Waals surface area contributed by atoms with Crippen molar-refractivity contribution in [3.05, 3.63) is 0 Å². The Morgan fingerprint density at radius 3 is 3.31 bits per heavy atom. The summed E-state index contributed by atoms with van der Waals surface area (Å²) in [7, 11) is 1.88. The summed E-state index contributed by atoms with van der Waals surface area (Å²) in [4.78, 5) is 12.4. The summed E-state index contributed by atoms with van der Waals surface area (Å²) in [5.74, 6) is 0.815. The molecule has 0 bridgehead atoms. The minimum absolute atomic E-state index is 0.412. The number of amides is 1. The predicted molar refractivity (Wildman–Crippen MR) is 51.3 cm³/mol. The molecule has 1 N–H and O–H groups in total. The Kier molecular flexibility index (Phi) is 2.28. The van der Waals surface area contributed by atoms with Crippen LogP contribution in [-0.4, -0.2) is 38.0 Å². The van der Waals surface area contributed by atoms with Crippen molar-refractivity contribution < 1.29 is 4.79 Å². The number of rotatable bonds is 3. The molecule has 1 saturated carbocycles. The predicted octanol–water partition coefficient (Wildman–Crippen LogP) is 0.464. The van der Waals surface area contributed by atoms with Crippen LogP contribution in [0.1, 0.15) is 19.3 Å². The van der Waals surface area contributed by atoms with Gasteiger partial charge in [-0.15, -0.1) is 0 Å². The second kappa shape index (κ2) is 3.29. The highest BCUT2D eigenvalue weighted by Crippen LogP contribution is 2.45. The summed E-state index contributed by atoms with van der Waals surface area (Å²) in [5, 5.41) is 3.45. The Morgan fingerprint density at radius 1 is 1.69 bits per heavy atom. The lowest BCUT2D eigenvalue weighted by atomic mass is 9.80. The molecule has 2 rings (SSSR count). The van der Waals surface area contributed by atoms with Gasteiger partial charge in [0.15, 0.2) is 0 Å². The molecule has 1 aliphatic carbocycles. The average molecular weight is 182 g/mol. The summed E-state index contributed by atoms with van der Waals surface area (Å²) in [5.41, 5.74) is 0.412. The maximum atomic E-state index is 10.6. The lowest BCUT2D eigenvalue weighted by Gasteiger charge is -2.31. The van der Waals surface area contributed by atoms with E-state index < -0.39 is 0 Å². The van der Waals surface area contributed by atoms with Gasteiger partial charge in [0.25, 0.3) is 0 Å². The first-order valence-electron chi connectivity index (χ1n) is 5.13. The molecule has 0 unspecified atom stereocenters. The largest absolute Gasteiger partial charge is 0.348 e. The molecule has 2 aliphatic rings. The minimum atomic E-state index is 0.412. The molecule has 0 aromatic carbocycles. The van der Waals surface area contributed by atoms with Crippen LogP contribution in [0.5, 0.6) is 0 Å². The summed E-state index contributed by atoms with van der Waals surface area (Å²) in [6.07, 6.45) is 4.93. The van der Waals surface area contributed by atoms with E-state index in [9.17, 15) is 4.79 Å². The number of nitrogens with zero attached hydrogens (tertiary/aromatic N) is 1. The van der Waals surface area contributed by atoms with E-state index in [1.54, 1.807) is 4.90 Å². The van der Waals surface area contributed by atoms with Gasteiger partial charge in [-0.1, -0.05) is 6.42 Å². The average Bonchev–Trinajstić information content (AvgIpc) is 2.62. The fraction of sp³-hybridized carbons (Fsp3) is 0.900. The van der Waals surface area contributed by atoms with Gasteiger partial charge in [0.05, 0.1) is 0 Å². The smallest absolute Gasteiger partial charge is 0.209 e. The van der Waals surface area contributed by atoms with Crippen molar-refractivity contribution in [2.45, 2.75) is 19.3 Å². The second-order valence-electron chi connectivity index (χ2n) is 4.60. The van der Waals surface area contributed by atoms with E-state index in [1.165, 1.54) is 19.3 Å². The Bertz CT molecular complexity index is 195. The highest BCUT2D eigenvalue weighted by atomic mass is 16.1. The summed E-state index contributed by atoms with van der Waals surface area (Å²) >= 11 is 0. The second-order valence-corrected chi connectivity index (χ2v) is 4.60. The third-order valence-corrected chi connectivity index (χ3v) is 3.71. The Morgan fingerprint density at radius 2 is 2.54 bits per heavy atom. The minimum Gasteiger partial charge on any atom is -0.348 e. The highest BCUT2D eigenvalue weighted by molar-refractivity contribution is 5.46. The van der Waals surface area contributed by atoms with Crippen LogP contribution in [0.15, 0.2) is 0 Å². The summed E-state index contributed by atoms with van der Waals surface area (Å²) < 4.78 is 0. The van der Waals surface area contributed by atoms with E-state index in [-0.39, 0.29) is 0 Å². The van der Waals surface area contributed by atoms with Crippen molar-refractivity contribution in [3.8, 4) is 0 Å². The Balaban J connectivity index is 2.04. The van der Waals surface area contributed by atoms with Gasteiger partial charge in [0, 0.05) is 25.6 Å². The first-order chi connectivity index (χ1) is 6.27. The first kappa shape index (κ1) is 9.00. The number of hydrogen-bond donors (Lipinski definition) is 1. The van der Waals surface area contributed by atoms with Gasteiger partial charge >= 0.3 is 0 Å². The molecule has 0 spiro atoms. The van der Waals surface area contributed by atoms with Crippen LogP contribution in [0, 0.1) is 11.3 Å². The van der Waals surface area contributed by atoms with Crippen LogP contribution in [0.3, 0.4) is 0 Å². The van der Waals surface area contributed by atoms with Gasteiger partial charge in [-0.3, -0.25) is 4.79 Å². The maximum Gasteiger partial charge on any atom is 0.209 e. The van der Waals surface area contributed by atoms with Crippen molar-refractivity contribution in [2.75, 3.05) is 26.7 Å². The van der Waals surface area contributed by atoms with E-state index in [2.05, 4.69) is 5.32 Å². The number of carbonyl (C=O) groups excluding carboxylic acids is 1. The van der Waals surface area contributed by atoms with Crippen LogP contribution in [0.25, 0.3) is 0 Å². The summed E-state index contributed by atoms with van der Waals surface area (Å²) in [6.45, 7) is 3.21. The lowest BCUT2D eigenvalue weighted by molar-refractivity contribution is -0.118. The molecule has 0 radical (unpaired) electrons. The Labute approximate surface area is 79.5 Å². The standard InChI is InChI=1S/C10H18N2O/c1-12(8-13)7-10-4-2-3-9(10)5-11-6-10/h8-9,11H,2-7H2,1H3/t9-,10+/m0/s1. The Hall–Kier alpha value is -0.570. The molecule has 1 aliphatic heterocycles. The molecule has 3 nitrogen and oxygen atoms in total. The van der Waals surface area contributed by atoms with Gasteiger partial charge in [0.2, 0.25) is 6.41 Å². The number of carbonyl (C=O) groups is 1. The summed E-state index contributed by atoms with van der Waals surface area (Å²) in [6, 6.07) is 0. The van der Waals surface area contributed by atoms with E-state index in [0.29, 0.717) is 5.41 Å². The van der Waals surface area contributed by atoms with E-state index >= 15 is 0 Å². The van der Waals surface area contributed by atoms with Crippen molar-refractivity contribution in [1.82, 2.24) is 10.2 Å². The molecule has 0 aromatic rings. The monoisotopic (exact) mass is 182 g/mol. The van der Waals surface area contributed by atoms with Crippen molar-refractivity contribution in [3.63, 3.8) is 0 Å². The third kappa shape index (κ3) is 1.46. The van der Waals surface area contributed by atoms with Crippen molar-refractivity contribution in [1.29, 1.82) is 0 Å². The van der Waals surface area contributed by atoms with Gasteiger partial charge in [0.1, 0.15) is 0 Å². The third-order valence-electron chi connectivity index (χ3n) is 3.71. The normalized spacial score (nSPS) is 37.5. The van der Waals surface area contributed by atoms with E-state index in [4.69, 9.17) is 0 Å². The van der Waals surface area contributed by atoms with Gasteiger partial charge in [-0.2, -0.15) is 0 Å². The fourth-order valence-corrected chi connectivity index (χ4v) is 3.06. The number of hydrogen-bond acceptors (Lipinski definition) is 2. The lowest BCUT2D eigenvalue weighted by Crippen LogP contribution is -2.38. The molecule has 13 heavy (non-hydrogen) atoms. The van der Waals surface area contributed by atoms with Crippen LogP contribution in [-0.2, 0) is 4.79 Å². The molecule has 2 atom stereocenters. The molecule has 0 aromatic heterocycles. The van der Waals surface area contributed by atoms with Crippen molar-refractivity contribution in [2.24, 2.45) is 11.3 Å². The quantitative estimate of drug-likeness (QED) is 0.643. The molecule has 1 amide bonds. The zero-order valence-electron chi connectivity index (χ0n) is 8.25. The number of fused-ring (bicyclic) bond motifs is 1. The van der Waals surface area contributed by atoms with Crippen LogP contribution in [0.2, 0.25) is 0 Å². The zero-order valence-corrected chi connectivity index (χ0v) is 8.25. The van der Waals surface area contributed by atoms with Crippen LogP contribution >= 0.6 is 0 Å². The molecule has 3 heteroatoms. The molecule has 74 valence electrons. The maximum absolute atomic E-state index is 10.6.